The van der Waals surface area contributed by atoms with Gasteiger partial charge in [-0.1, -0.05) is 31.2 Å². The number of nitrogens with zero attached hydrogens (tertiary/aromatic N) is 1. The molecule has 0 aromatic carbocycles. The van der Waals surface area contributed by atoms with E-state index >= 15 is 0 Å². The largest absolute Gasteiger partial charge is 0.360 e. The molecule has 1 N–H and O–H groups in total. The fourth-order valence-corrected chi connectivity index (χ4v) is 3.80. The molecule has 102 valence electrons. The Labute approximate surface area is 113 Å². The molecule has 2 fully saturated rings. The lowest BCUT2D eigenvalue weighted by Crippen LogP contribution is -2.37. The minimum atomic E-state index is -0.402. The molecule has 4 nitrogen and oxygen atoms in total. The molecule has 0 spiro atoms. The topological polar surface area (TPSA) is 55.1 Å². The summed E-state index contributed by atoms with van der Waals surface area (Å²) < 4.78 is 4.99. The van der Waals surface area contributed by atoms with E-state index in [4.69, 9.17) is 4.52 Å². The summed E-state index contributed by atoms with van der Waals surface area (Å²) in [6.07, 6.45) is 2.93. The van der Waals surface area contributed by atoms with Crippen LogP contribution in [0.2, 0.25) is 0 Å². The second-order valence-corrected chi connectivity index (χ2v) is 6.50. The van der Waals surface area contributed by atoms with E-state index in [1.807, 2.05) is 6.92 Å². The molecule has 2 atom stereocenters. The fourth-order valence-electron chi connectivity index (χ4n) is 3.80. The summed E-state index contributed by atoms with van der Waals surface area (Å²) in [6.45, 7) is 10.4. The fraction of sp³-hybridized carbons (Fsp3) is 0.600. The summed E-state index contributed by atoms with van der Waals surface area (Å²) in [6, 6.07) is 1.74. The van der Waals surface area contributed by atoms with E-state index < -0.39 is 5.41 Å². The van der Waals surface area contributed by atoms with Gasteiger partial charge in [0, 0.05) is 6.07 Å². The predicted molar refractivity (Wildman–Crippen MR) is 72.6 cm³/mol. The minimum Gasteiger partial charge on any atom is -0.360 e. The average Bonchev–Trinajstić information content (AvgIpc) is 2.98. The Balaban J connectivity index is 1.86. The standard InChI is InChI=1S/C15H20N2O2/c1-9-7-12(17-19-9)16-13(18)15-6-5-11(8-15)14(3,4)10(15)2/h7,11H,2,5-6,8H2,1,3-4H3,(H,16,17,18). The van der Waals surface area contributed by atoms with Gasteiger partial charge in [-0.05, 0) is 37.5 Å². The van der Waals surface area contributed by atoms with Gasteiger partial charge in [0.1, 0.15) is 5.76 Å². The average molecular weight is 260 g/mol. The molecule has 2 bridgehead atoms. The molecule has 2 aliphatic carbocycles. The van der Waals surface area contributed by atoms with Crippen LogP contribution in [0.25, 0.3) is 0 Å². The van der Waals surface area contributed by atoms with E-state index in [1.165, 1.54) is 0 Å². The number of amides is 1. The van der Waals surface area contributed by atoms with Crippen LogP contribution in [0.1, 0.15) is 38.9 Å². The van der Waals surface area contributed by atoms with E-state index in [1.54, 1.807) is 6.07 Å². The third-order valence-corrected chi connectivity index (χ3v) is 5.19. The van der Waals surface area contributed by atoms with Crippen LogP contribution in [0.3, 0.4) is 0 Å². The van der Waals surface area contributed by atoms with Crippen molar-refractivity contribution >= 4 is 11.7 Å². The van der Waals surface area contributed by atoms with Crippen LogP contribution < -0.4 is 5.32 Å². The van der Waals surface area contributed by atoms with Crippen LogP contribution in [-0.4, -0.2) is 11.1 Å². The van der Waals surface area contributed by atoms with Crippen molar-refractivity contribution in [1.82, 2.24) is 5.16 Å². The maximum Gasteiger partial charge on any atom is 0.235 e. The highest BCUT2D eigenvalue weighted by atomic mass is 16.5. The van der Waals surface area contributed by atoms with E-state index in [0.717, 1.165) is 24.8 Å². The highest BCUT2D eigenvalue weighted by Crippen LogP contribution is 2.65. The van der Waals surface area contributed by atoms with Gasteiger partial charge in [-0.15, -0.1) is 0 Å². The Hall–Kier alpha value is -1.58. The molecule has 19 heavy (non-hydrogen) atoms. The molecule has 0 aliphatic heterocycles. The summed E-state index contributed by atoms with van der Waals surface area (Å²) in [5.41, 5.74) is 0.741. The van der Waals surface area contributed by atoms with E-state index in [9.17, 15) is 4.79 Å². The first-order chi connectivity index (χ1) is 8.86. The number of carbonyl (C=O) groups excluding carboxylic acids is 1. The van der Waals surface area contributed by atoms with Crippen molar-refractivity contribution < 1.29 is 9.32 Å². The third kappa shape index (κ3) is 1.58. The number of nitrogens with one attached hydrogen (secondary N) is 1. The molecule has 4 heteroatoms. The summed E-state index contributed by atoms with van der Waals surface area (Å²) in [7, 11) is 0. The van der Waals surface area contributed by atoms with Gasteiger partial charge in [-0.25, -0.2) is 0 Å². The maximum absolute atomic E-state index is 12.6. The number of rotatable bonds is 2. The molecule has 0 radical (unpaired) electrons. The zero-order chi connectivity index (χ0) is 13.8. The van der Waals surface area contributed by atoms with E-state index in [2.05, 4.69) is 30.9 Å². The van der Waals surface area contributed by atoms with Gasteiger partial charge in [0.05, 0.1) is 5.41 Å². The van der Waals surface area contributed by atoms with Crippen molar-refractivity contribution in [3.63, 3.8) is 0 Å². The lowest BCUT2D eigenvalue weighted by atomic mass is 9.68. The number of hydrogen-bond donors (Lipinski definition) is 1. The van der Waals surface area contributed by atoms with Gasteiger partial charge in [0.15, 0.2) is 5.82 Å². The Bertz CT molecular complexity index is 558. The van der Waals surface area contributed by atoms with Crippen molar-refractivity contribution in [2.45, 2.75) is 40.0 Å². The van der Waals surface area contributed by atoms with Gasteiger partial charge in [0.2, 0.25) is 5.91 Å². The number of hydrogen-bond acceptors (Lipinski definition) is 3. The smallest absolute Gasteiger partial charge is 0.235 e. The molecule has 3 rings (SSSR count). The molecular weight excluding hydrogens is 240 g/mol. The van der Waals surface area contributed by atoms with Crippen LogP contribution in [0.15, 0.2) is 22.7 Å². The summed E-state index contributed by atoms with van der Waals surface area (Å²) in [4.78, 5) is 12.6. The second kappa shape index (κ2) is 3.71. The van der Waals surface area contributed by atoms with Crippen LogP contribution in [-0.2, 0) is 4.79 Å². The number of aryl methyl sites for hydroxylation is 1. The van der Waals surface area contributed by atoms with Crippen LogP contribution in [0.4, 0.5) is 5.82 Å². The first kappa shape index (κ1) is 12.5. The Morgan fingerprint density at radius 3 is 2.84 bits per heavy atom. The zero-order valence-electron chi connectivity index (χ0n) is 11.7. The highest BCUT2D eigenvalue weighted by Gasteiger charge is 2.60. The Kier molecular flexibility index (Phi) is 2.43. The van der Waals surface area contributed by atoms with Crippen LogP contribution in [0.5, 0.6) is 0 Å². The van der Waals surface area contributed by atoms with Crippen molar-refractivity contribution in [3.05, 3.63) is 24.0 Å². The van der Waals surface area contributed by atoms with E-state index in [-0.39, 0.29) is 11.3 Å². The van der Waals surface area contributed by atoms with Crippen LogP contribution >= 0.6 is 0 Å². The predicted octanol–water partition coefficient (Wildman–Crippen LogP) is 3.30. The van der Waals surface area contributed by atoms with Crippen molar-refractivity contribution in [1.29, 1.82) is 0 Å². The molecule has 0 saturated heterocycles. The van der Waals surface area contributed by atoms with Gasteiger partial charge in [0.25, 0.3) is 0 Å². The first-order valence-electron chi connectivity index (χ1n) is 6.81. The van der Waals surface area contributed by atoms with Crippen molar-refractivity contribution in [2.75, 3.05) is 5.32 Å². The highest BCUT2D eigenvalue weighted by molar-refractivity contribution is 5.97. The second-order valence-electron chi connectivity index (χ2n) is 6.50. The number of aromatic nitrogens is 1. The molecule has 2 unspecified atom stereocenters. The molecule has 1 amide bonds. The van der Waals surface area contributed by atoms with E-state index in [0.29, 0.717) is 17.5 Å². The van der Waals surface area contributed by atoms with Crippen molar-refractivity contribution in [3.8, 4) is 0 Å². The first-order valence-corrected chi connectivity index (χ1v) is 6.81. The zero-order valence-corrected chi connectivity index (χ0v) is 11.7. The summed E-state index contributed by atoms with van der Waals surface area (Å²) in [5, 5.41) is 6.72. The third-order valence-electron chi connectivity index (χ3n) is 5.19. The lowest BCUT2D eigenvalue weighted by Gasteiger charge is -2.36. The summed E-state index contributed by atoms with van der Waals surface area (Å²) in [5.74, 6) is 1.80. The van der Waals surface area contributed by atoms with Gasteiger partial charge < -0.3 is 9.84 Å². The Morgan fingerprint density at radius 2 is 2.32 bits per heavy atom. The molecule has 1 aromatic heterocycles. The molecule has 2 saturated carbocycles. The van der Waals surface area contributed by atoms with Gasteiger partial charge >= 0.3 is 0 Å². The molecular formula is C15H20N2O2. The van der Waals surface area contributed by atoms with Crippen molar-refractivity contribution in [2.24, 2.45) is 16.7 Å². The minimum absolute atomic E-state index is 0.0267. The van der Waals surface area contributed by atoms with Gasteiger partial charge in [-0.2, -0.15) is 0 Å². The monoisotopic (exact) mass is 260 g/mol. The Morgan fingerprint density at radius 1 is 1.58 bits per heavy atom. The lowest BCUT2D eigenvalue weighted by molar-refractivity contribution is -0.123. The molecule has 2 aliphatic rings. The number of anilines is 1. The molecule has 1 aromatic rings. The molecule has 1 heterocycles. The maximum atomic E-state index is 12.6. The number of fused-ring (bicyclic) bond motifs is 2. The quantitative estimate of drug-likeness (QED) is 0.830. The summed E-state index contributed by atoms with van der Waals surface area (Å²) >= 11 is 0. The van der Waals surface area contributed by atoms with Gasteiger partial charge in [-0.3, -0.25) is 4.79 Å². The SMILES string of the molecule is C=C1C2(C(=O)Nc3cc(C)on3)CCC(C2)C1(C)C. The number of carbonyl (C=O) groups is 1. The normalized spacial score (nSPS) is 31.7. The van der Waals surface area contributed by atoms with Crippen LogP contribution in [0, 0.1) is 23.7 Å².